The summed E-state index contributed by atoms with van der Waals surface area (Å²) in [7, 11) is 6.23. The fraction of sp³-hybridized carbons (Fsp3) is 0.200. The molecule has 2 aromatic rings. The van der Waals surface area contributed by atoms with Crippen LogP contribution in [0, 0.1) is 0 Å². The lowest BCUT2D eigenvalue weighted by molar-refractivity contribution is -0.137. The van der Waals surface area contributed by atoms with Crippen LogP contribution in [0.2, 0.25) is 0 Å². The Bertz CT molecular complexity index is 600. The summed E-state index contributed by atoms with van der Waals surface area (Å²) in [6.07, 6.45) is -4.29. The zero-order valence-corrected chi connectivity index (χ0v) is 14.0. The first-order valence-electron chi connectivity index (χ1n) is 6.25. The molecule has 0 saturated carbocycles. The highest BCUT2D eigenvalue weighted by Gasteiger charge is 2.30. The van der Waals surface area contributed by atoms with Gasteiger partial charge in [-0.3, -0.25) is 0 Å². The number of alkyl halides is 3. The fourth-order valence-corrected chi connectivity index (χ4v) is 5.20. The molecule has 0 aliphatic rings. The second kappa shape index (κ2) is 8.08. The van der Waals surface area contributed by atoms with Crippen molar-refractivity contribution >= 4 is 31.4 Å². The molecule has 0 aliphatic heterocycles. The van der Waals surface area contributed by atoms with Gasteiger partial charge in [-0.2, -0.15) is 13.2 Å². The maximum absolute atomic E-state index is 12.6. The predicted molar refractivity (Wildman–Crippen MR) is 89.2 cm³/mol. The number of halogens is 3. The number of rotatable bonds is 6. The van der Waals surface area contributed by atoms with Crippen molar-refractivity contribution in [2.24, 2.45) is 0 Å². The lowest BCUT2D eigenvalue weighted by Gasteiger charge is -2.08. The molecule has 118 valence electrons. The molecule has 0 bridgehead atoms. The van der Waals surface area contributed by atoms with E-state index >= 15 is 0 Å². The molecule has 22 heavy (non-hydrogen) atoms. The van der Waals surface area contributed by atoms with E-state index in [4.69, 9.17) is 4.74 Å². The number of ether oxygens (including phenoxy) is 1. The minimum Gasteiger partial charge on any atom is -0.497 e. The Balaban J connectivity index is 1.81. The van der Waals surface area contributed by atoms with Gasteiger partial charge in [-0.05, 0) is 56.5 Å². The van der Waals surface area contributed by atoms with Gasteiger partial charge in [-0.25, -0.2) is 0 Å². The smallest absolute Gasteiger partial charge is 0.416 e. The van der Waals surface area contributed by atoms with Crippen LogP contribution >= 0.6 is 31.4 Å². The van der Waals surface area contributed by atoms with E-state index in [1.807, 2.05) is 24.3 Å². The summed E-state index contributed by atoms with van der Waals surface area (Å²) in [6, 6.07) is 13.1. The Morgan fingerprint density at radius 2 is 1.77 bits per heavy atom. The zero-order valence-electron chi connectivity index (χ0n) is 11.6. The van der Waals surface area contributed by atoms with Gasteiger partial charge in [0.2, 0.25) is 0 Å². The Hall–Kier alpha value is -0.920. The monoisotopic (exact) mass is 362 g/mol. The van der Waals surface area contributed by atoms with Crippen LogP contribution in [0.4, 0.5) is 13.2 Å². The van der Waals surface area contributed by atoms with Crippen LogP contribution < -0.4 is 4.74 Å². The van der Waals surface area contributed by atoms with Crippen molar-refractivity contribution < 1.29 is 17.9 Å². The van der Waals surface area contributed by atoms with Crippen LogP contribution in [0.1, 0.15) is 11.1 Å². The van der Waals surface area contributed by atoms with E-state index in [9.17, 15) is 13.2 Å². The van der Waals surface area contributed by atoms with Gasteiger partial charge in [0.1, 0.15) is 5.75 Å². The zero-order chi connectivity index (χ0) is 16.0. The van der Waals surface area contributed by atoms with E-state index in [1.165, 1.54) is 32.8 Å². The first-order chi connectivity index (χ1) is 10.5. The molecule has 0 N–H and O–H groups in total. The van der Waals surface area contributed by atoms with Gasteiger partial charge in [-0.15, -0.1) is 0 Å². The largest absolute Gasteiger partial charge is 0.497 e. The molecule has 2 aromatic carbocycles. The van der Waals surface area contributed by atoms with Crippen molar-refractivity contribution in [1.29, 1.82) is 0 Å². The lowest BCUT2D eigenvalue weighted by atomic mass is 10.1. The van der Waals surface area contributed by atoms with Crippen LogP contribution in [0.5, 0.6) is 5.75 Å². The van der Waals surface area contributed by atoms with Crippen LogP contribution in [0.15, 0.2) is 53.4 Å². The van der Waals surface area contributed by atoms with Gasteiger partial charge in [0.15, 0.2) is 0 Å². The maximum Gasteiger partial charge on any atom is 0.416 e. The van der Waals surface area contributed by atoms with Crippen LogP contribution in [-0.2, 0) is 11.9 Å². The number of hydrogen-bond acceptors (Lipinski definition) is 4. The third-order valence-electron chi connectivity index (χ3n) is 2.72. The summed E-state index contributed by atoms with van der Waals surface area (Å²) in [5, 5.41) is 0. The molecule has 2 rings (SSSR count). The first-order valence-corrected chi connectivity index (χ1v) is 9.90. The Kier molecular flexibility index (Phi) is 6.40. The third-order valence-corrected chi connectivity index (χ3v) is 6.70. The first kappa shape index (κ1) is 17.4. The van der Waals surface area contributed by atoms with E-state index in [2.05, 4.69) is 0 Å². The summed E-state index contributed by atoms with van der Waals surface area (Å²) in [4.78, 5) is 1.07. The molecular formula is C15H13F3OS3. The van der Waals surface area contributed by atoms with Gasteiger partial charge in [0.05, 0.1) is 12.7 Å². The molecule has 0 spiro atoms. The van der Waals surface area contributed by atoms with E-state index in [-0.39, 0.29) is 0 Å². The van der Waals surface area contributed by atoms with E-state index < -0.39 is 11.7 Å². The Morgan fingerprint density at radius 1 is 1.05 bits per heavy atom. The molecule has 0 heterocycles. The highest BCUT2D eigenvalue weighted by molar-refractivity contribution is 9.09. The van der Waals surface area contributed by atoms with E-state index in [0.717, 1.165) is 16.7 Å². The third kappa shape index (κ3) is 5.37. The molecule has 0 atom stereocenters. The van der Waals surface area contributed by atoms with Crippen LogP contribution in [-0.4, -0.2) is 7.11 Å². The van der Waals surface area contributed by atoms with E-state index in [0.29, 0.717) is 11.3 Å². The number of hydrogen-bond donors (Lipinski definition) is 0. The fourth-order valence-electron chi connectivity index (χ4n) is 1.62. The van der Waals surface area contributed by atoms with Crippen molar-refractivity contribution in [2.45, 2.75) is 16.8 Å². The second-order valence-corrected chi connectivity index (χ2v) is 8.43. The van der Waals surface area contributed by atoms with Crippen LogP contribution in [0.25, 0.3) is 0 Å². The standard InChI is InChI=1S/C15H13F3OS3/c1-19-13-5-7-14(8-6-13)21-22-20-10-11-3-2-4-12(9-11)15(16,17)18/h2-9H,10H2,1H3. The quantitative estimate of drug-likeness (QED) is 0.440. The molecule has 0 aromatic heterocycles. The molecule has 0 unspecified atom stereocenters. The molecule has 1 nitrogen and oxygen atoms in total. The van der Waals surface area contributed by atoms with Crippen molar-refractivity contribution in [2.75, 3.05) is 7.11 Å². The van der Waals surface area contributed by atoms with Crippen molar-refractivity contribution in [3.8, 4) is 5.75 Å². The number of benzene rings is 2. The molecule has 0 radical (unpaired) electrons. The predicted octanol–water partition coefficient (Wildman–Crippen LogP) is 6.30. The van der Waals surface area contributed by atoms with Crippen LogP contribution in [0.3, 0.4) is 0 Å². The highest BCUT2D eigenvalue weighted by Crippen LogP contribution is 2.42. The SMILES string of the molecule is COc1ccc(SSSCc2cccc(C(F)(F)F)c2)cc1. The minimum absolute atomic E-state index is 0.526. The highest BCUT2D eigenvalue weighted by atomic mass is 33.5. The number of methoxy groups -OCH3 is 1. The molecule has 0 amide bonds. The summed E-state index contributed by atoms with van der Waals surface area (Å²) >= 11 is 0. The molecule has 0 saturated heterocycles. The van der Waals surface area contributed by atoms with Gasteiger partial charge >= 0.3 is 6.18 Å². The Labute approximate surface area is 138 Å². The topological polar surface area (TPSA) is 9.23 Å². The lowest BCUT2D eigenvalue weighted by Crippen LogP contribution is -2.04. The molecule has 0 fully saturated rings. The Morgan fingerprint density at radius 3 is 2.41 bits per heavy atom. The molecule has 7 heteroatoms. The van der Waals surface area contributed by atoms with Crippen molar-refractivity contribution in [3.63, 3.8) is 0 Å². The van der Waals surface area contributed by atoms with Gasteiger partial charge in [0.25, 0.3) is 0 Å². The van der Waals surface area contributed by atoms with Crippen molar-refractivity contribution in [1.82, 2.24) is 0 Å². The normalized spacial score (nSPS) is 11.5. The summed E-state index contributed by atoms with van der Waals surface area (Å²) < 4.78 is 42.9. The minimum atomic E-state index is -4.29. The summed E-state index contributed by atoms with van der Waals surface area (Å²) in [5.74, 6) is 1.32. The average Bonchev–Trinajstić information content (AvgIpc) is 2.52. The summed E-state index contributed by atoms with van der Waals surface area (Å²) in [5.41, 5.74) is 0.0704. The van der Waals surface area contributed by atoms with Gasteiger partial charge in [-0.1, -0.05) is 29.0 Å². The van der Waals surface area contributed by atoms with E-state index in [1.54, 1.807) is 24.0 Å². The van der Waals surface area contributed by atoms with Crippen molar-refractivity contribution in [3.05, 3.63) is 59.7 Å². The molecular weight excluding hydrogens is 349 g/mol. The average molecular weight is 362 g/mol. The van der Waals surface area contributed by atoms with Gasteiger partial charge < -0.3 is 4.74 Å². The maximum atomic E-state index is 12.6. The van der Waals surface area contributed by atoms with Gasteiger partial charge in [0, 0.05) is 10.6 Å². The molecule has 0 aliphatic carbocycles. The summed E-state index contributed by atoms with van der Waals surface area (Å²) in [6.45, 7) is 0. The second-order valence-electron chi connectivity index (χ2n) is 4.29.